The molecule has 0 aromatic heterocycles. The minimum absolute atomic E-state index is 0.252. The van der Waals surface area contributed by atoms with Crippen LogP contribution in [0.5, 0.6) is 0 Å². The first kappa shape index (κ1) is 16.0. The van der Waals surface area contributed by atoms with E-state index in [0.29, 0.717) is 12.4 Å². The van der Waals surface area contributed by atoms with Gasteiger partial charge in [0.05, 0.1) is 18.8 Å². The van der Waals surface area contributed by atoms with Crippen molar-refractivity contribution < 1.29 is 14.2 Å². The summed E-state index contributed by atoms with van der Waals surface area (Å²) in [4.78, 5) is 0.930. The lowest BCUT2D eigenvalue weighted by Gasteiger charge is -2.22. The van der Waals surface area contributed by atoms with Crippen molar-refractivity contribution in [2.24, 2.45) is 0 Å². The summed E-state index contributed by atoms with van der Waals surface area (Å²) in [7, 11) is 0. The third-order valence-electron chi connectivity index (χ3n) is 2.89. The van der Waals surface area contributed by atoms with E-state index in [0.717, 1.165) is 10.5 Å². The van der Waals surface area contributed by atoms with E-state index in [1.807, 2.05) is 30.3 Å². The number of hydrogen-bond acceptors (Lipinski definition) is 3. The second-order valence-corrected chi connectivity index (χ2v) is 6.27. The summed E-state index contributed by atoms with van der Waals surface area (Å²) in [5, 5.41) is 10.3. The van der Waals surface area contributed by atoms with E-state index in [1.54, 1.807) is 19.1 Å². The summed E-state index contributed by atoms with van der Waals surface area (Å²) >= 11 is 1.49. The molecule has 0 fully saturated rings. The number of halogens is 1. The summed E-state index contributed by atoms with van der Waals surface area (Å²) in [6, 6.07) is 16.1. The van der Waals surface area contributed by atoms with Crippen LogP contribution < -0.4 is 0 Å². The number of thioether (sulfide) groups is 1. The van der Waals surface area contributed by atoms with E-state index in [4.69, 9.17) is 4.74 Å². The summed E-state index contributed by atoms with van der Waals surface area (Å²) in [5.74, 6) is 0.241. The molecule has 2 aromatic carbocycles. The molecule has 2 aromatic rings. The maximum atomic E-state index is 12.8. The fourth-order valence-corrected chi connectivity index (χ4v) is 2.66. The third-order valence-corrected chi connectivity index (χ3v) is 4.26. The van der Waals surface area contributed by atoms with Gasteiger partial charge in [0.1, 0.15) is 5.82 Å². The molecule has 0 saturated heterocycles. The molecule has 2 rings (SSSR count). The fraction of sp³-hybridized carbons (Fsp3) is 0.294. The van der Waals surface area contributed by atoms with E-state index in [2.05, 4.69) is 0 Å². The van der Waals surface area contributed by atoms with Crippen LogP contribution in [0.25, 0.3) is 0 Å². The first-order chi connectivity index (χ1) is 10.1. The van der Waals surface area contributed by atoms with Crippen LogP contribution in [0.3, 0.4) is 0 Å². The molecule has 0 saturated carbocycles. The smallest absolute Gasteiger partial charge is 0.123 e. The van der Waals surface area contributed by atoms with E-state index in [1.165, 1.54) is 23.9 Å². The van der Waals surface area contributed by atoms with Gasteiger partial charge in [0.2, 0.25) is 0 Å². The monoisotopic (exact) mass is 306 g/mol. The van der Waals surface area contributed by atoms with Gasteiger partial charge in [-0.1, -0.05) is 30.3 Å². The Balaban J connectivity index is 1.75. The minimum Gasteiger partial charge on any atom is -0.387 e. The first-order valence-electron chi connectivity index (χ1n) is 6.78. The number of rotatable bonds is 7. The molecule has 112 valence electrons. The highest BCUT2D eigenvalue weighted by Gasteiger charge is 2.21. The highest BCUT2D eigenvalue weighted by Crippen LogP contribution is 2.23. The van der Waals surface area contributed by atoms with Crippen molar-refractivity contribution in [1.29, 1.82) is 0 Å². The van der Waals surface area contributed by atoms with Crippen molar-refractivity contribution >= 4 is 11.8 Å². The first-order valence-corrected chi connectivity index (χ1v) is 7.76. The standard InChI is InChI=1S/C17H19FO2S/c1-17(19,12-20-11-14-5-3-2-4-6-14)13-21-16-9-7-15(18)8-10-16/h2-10,19H,11-13H2,1H3/t17-/m1/s1. The quantitative estimate of drug-likeness (QED) is 0.787. The van der Waals surface area contributed by atoms with Crippen molar-refractivity contribution in [3.63, 3.8) is 0 Å². The topological polar surface area (TPSA) is 29.5 Å². The molecule has 0 aliphatic carbocycles. The largest absolute Gasteiger partial charge is 0.387 e. The van der Waals surface area contributed by atoms with Crippen LogP contribution in [-0.2, 0) is 11.3 Å². The minimum atomic E-state index is -0.923. The van der Waals surface area contributed by atoms with E-state index < -0.39 is 5.60 Å². The van der Waals surface area contributed by atoms with Gasteiger partial charge in [0, 0.05) is 10.6 Å². The molecule has 0 unspecified atom stereocenters. The predicted molar refractivity (Wildman–Crippen MR) is 83.8 cm³/mol. The summed E-state index contributed by atoms with van der Waals surface area (Å²) in [6.07, 6.45) is 0. The molecule has 0 bridgehead atoms. The molecule has 0 aliphatic heterocycles. The molecular weight excluding hydrogens is 287 g/mol. The number of benzene rings is 2. The maximum Gasteiger partial charge on any atom is 0.123 e. The molecule has 0 amide bonds. The molecule has 0 heterocycles. The Kier molecular flexibility index (Phi) is 5.79. The second kappa shape index (κ2) is 7.59. The van der Waals surface area contributed by atoms with Gasteiger partial charge >= 0.3 is 0 Å². The van der Waals surface area contributed by atoms with Gasteiger partial charge in [-0.25, -0.2) is 4.39 Å². The number of hydrogen-bond donors (Lipinski definition) is 1. The third kappa shape index (κ3) is 5.87. The Labute approximate surface area is 129 Å². The van der Waals surface area contributed by atoms with Crippen molar-refractivity contribution in [3.8, 4) is 0 Å². The normalized spacial score (nSPS) is 13.9. The molecule has 0 radical (unpaired) electrons. The van der Waals surface area contributed by atoms with E-state index in [9.17, 15) is 9.50 Å². The Morgan fingerprint density at radius 1 is 1.10 bits per heavy atom. The molecule has 1 N–H and O–H groups in total. The Morgan fingerprint density at radius 3 is 2.43 bits per heavy atom. The van der Waals surface area contributed by atoms with Crippen molar-refractivity contribution in [2.75, 3.05) is 12.4 Å². The zero-order valence-electron chi connectivity index (χ0n) is 12.0. The van der Waals surface area contributed by atoms with Crippen molar-refractivity contribution in [2.45, 2.75) is 24.0 Å². The average Bonchev–Trinajstić information content (AvgIpc) is 2.48. The summed E-state index contributed by atoms with van der Waals surface area (Å²) in [5.41, 5.74) is 0.160. The van der Waals surface area contributed by atoms with Crippen LogP contribution in [0, 0.1) is 5.82 Å². The summed E-state index contributed by atoms with van der Waals surface area (Å²) < 4.78 is 18.4. The number of aliphatic hydroxyl groups is 1. The molecule has 1 atom stereocenters. The molecular formula is C17H19FO2S. The zero-order chi connectivity index (χ0) is 15.1. The van der Waals surface area contributed by atoms with E-state index in [-0.39, 0.29) is 12.4 Å². The molecule has 21 heavy (non-hydrogen) atoms. The Morgan fingerprint density at radius 2 is 1.76 bits per heavy atom. The number of ether oxygens (including phenoxy) is 1. The van der Waals surface area contributed by atoms with Gasteiger partial charge in [-0.3, -0.25) is 0 Å². The van der Waals surface area contributed by atoms with Crippen LogP contribution in [0.1, 0.15) is 12.5 Å². The highest BCUT2D eigenvalue weighted by atomic mass is 32.2. The van der Waals surface area contributed by atoms with Gasteiger partial charge < -0.3 is 9.84 Å². The SMILES string of the molecule is C[C@@](O)(COCc1ccccc1)CSc1ccc(F)cc1. The molecule has 2 nitrogen and oxygen atoms in total. The van der Waals surface area contributed by atoms with Crippen LogP contribution in [0.4, 0.5) is 4.39 Å². The predicted octanol–water partition coefficient (Wildman–Crippen LogP) is 3.89. The van der Waals surface area contributed by atoms with Gasteiger partial charge in [0.25, 0.3) is 0 Å². The van der Waals surface area contributed by atoms with Gasteiger partial charge in [-0.15, -0.1) is 11.8 Å². The Hall–Kier alpha value is -1.36. The van der Waals surface area contributed by atoms with Crippen LogP contribution in [0.15, 0.2) is 59.5 Å². The van der Waals surface area contributed by atoms with Crippen LogP contribution in [-0.4, -0.2) is 23.1 Å². The van der Waals surface area contributed by atoms with Crippen LogP contribution in [0.2, 0.25) is 0 Å². The lowest BCUT2D eigenvalue weighted by atomic mass is 10.1. The van der Waals surface area contributed by atoms with Gasteiger partial charge in [0.15, 0.2) is 0 Å². The van der Waals surface area contributed by atoms with Gasteiger partial charge in [-0.2, -0.15) is 0 Å². The second-order valence-electron chi connectivity index (χ2n) is 5.22. The van der Waals surface area contributed by atoms with Crippen molar-refractivity contribution in [1.82, 2.24) is 0 Å². The summed E-state index contributed by atoms with van der Waals surface area (Å²) in [6.45, 7) is 2.49. The lowest BCUT2D eigenvalue weighted by molar-refractivity contribution is -0.0236. The molecule has 0 aliphatic rings. The Bertz CT molecular complexity index is 540. The lowest BCUT2D eigenvalue weighted by Crippen LogP contribution is -2.33. The fourth-order valence-electron chi connectivity index (χ4n) is 1.77. The average molecular weight is 306 g/mol. The molecule has 0 spiro atoms. The van der Waals surface area contributed by atoms with E-state index >= 15 is 0 Å². The van der Waals surface area contributed by atoms with Gasteiger partial charge in [-0.05, 0) is 36.8 Å². The molecule has 4 heteroatoms. The van der Waals surface area contributed by atoms with Crippen molar-refractivity contribution in [3.05, 3.63) is 66.0 Å². The highest BCUT2D eigenvalue weighted by molar-refractivity contribution is 7.99. The maximum absolute atomic E-state index is 12.8. The zero-order valence-corrected chi connectivity index (χ0v) is 12.8. The van der Waals surface area contributed by atoms with Crippen LogP contribution >= 0.6 is 11.8 Å².